The van der Waals surface area contributed by atoms with Gasteiger partial charge in [0.15, 0.2) is 5.11 Å². The Morgan fingerprint density at radius 2 is 1.63 bits per heavy atom. The van der Waals surface area contributed by atoms with Gasteiger partial charge in [0.25, 0.3) is 0 Å². The minimum atomic E-state index is -4.52. The van der Waals surface area contributed by atoms with E-state index in [-0.39, 0.29) is 27.3 Å². The molecule has 0 aliphatic carbocycles. The number of thiocarbonyl (C=S) groups is 1. The first-order chi connectivity index (χ1) is 12.4. The summed E-state index contributed by atoms with van der Waals surface area (Å²) in [7, 11) is 0. The number of nitrogens with one attached hydrogen (secondary N) is 2. The van der Waals surface area contributed by atoms with E-state index in [1.165, 1.54) is 17.7 Å². The fraction of sp³-hybridized carbons (Fsp3) is 0.350. The van der Waals surface area contributed by atoms with Crippen molar-refractivity contribution in [2.75, 3.05) is 5.32 Å². The van der Waals surface area contributed by atoms with E-state index in [1.807, 2.05) is 19.1 Å². The number of anilines is 1. The molecule has 0 bridgehead atoms. The summed E-state index contributed by atoms with van der Waals surface area (Å²) in [5.74, 6) is 0. The van der Waals surface area contributed by atoms with Crippen LogP contribution in [0.15, 0.2) is 42.5 Å². The molecule has 0 radical (unpaired) electrons. The van der Waals surface area contributed by atoms with Crippen molar-refractivity contribution in [3.05, 3.63) is 64.2 Å². The zero-order valence-electron chi connectivity index (χ0n) is 15.5. The van der Waals surface area contributed by atoms with Crippen molar-refractivity contribution in [2.24, 2.45) is 0 Å². The first-order valence-electron chi connectivity index (χ1n) is 8.42. The summed E-state index contributed by atoms with van der Waals surface area (Å²) in [6, 6.07) is 11.7. The largest absolute Gasteiger partial charge is 0.417 e. The molecule has 0 heterocycles. The molecule has 2 rings (SSSR count). The maximum Gasteiger partial charge on any atom is 0.417 e. The normalized spacial score (nSPS) is 13.2. The van der Waals surface area contributed by atoms with Crippen molar-refractivity contribution in [1.29, 1.82) is 0 Å². The predicted octanol–water partition coefficient (Wildman–Crippen LogP) is 6.70. The van der Waals surface area contributed by atoms with Gasteiger partial charge in [0.05, 0.1) is 16.6 Å². The summed E-state index contributed by atoms with van der Waals surface area (Å²) in [5.41, 5.74) is 1.64. The zero-order valence-corrected chi connectivity index (χ0v) is 17.1. The molecule has 0 aliphatic heterocycles. The molecule has 0 fully saturated rings. The molecule has 0 spiro atoms. The summed E-state index contributed by atoms with van der Waals surface area (Å²) in [5, 5.41) is 5.75. The van der Waals surface area contributed by atoms with Crippen LogP contribution in [0.2, 0.25) is 5.02 Å². The van der Waals surface area contributed by atoms with Gasteiger partial charge in [-0.2, -0.15) is 13.2 Å². The van der Waals surface area contributed by atoms with Crippen molar-refractivity contribution < 1.29 is 13.2 Å². The van der Waals surface area contributed by atoms with E-state index < -0.39 is 11.7 Å². The van der Waals surface area contributed by atoms with Crippen LogP contribution in [-0.2, 0) is 11.6 Å². The number of rotatable bonds is 3. The highest BCUT2D eigenvalue weighted by molar-refractivity contribution is 7.80. The molecule has 1 atom stereocenters. The summed E-state index contributed by atoms with van der Waals surface area (Å²) in [6.07, 6.45) is -4.52. The van der Waals surface area contributed by atoms with Gasteiger partial charge in [-0.3, -0.25) is 0 Å². The molecule has 7 heteroatoms. The first-order valence-corrected chi connectivity index (χ1v) is 9.21. The minimum absolute atomic E-state index is 0.0663. The topological polar surface area (TPSA) is 24.1 Å². The molecule has 27 heavy (non-hydrogen) atoms. The molecule has 2 nitrogen and oxygen atoms in total. The van der Waals surface area contributed by atoms with Crippen LogP contribution in [0, 0.1) is 0 Å². The molecule has 2 N–H and O–H groups in total. The Labute approximate surface area is 168 Å². The fourth-order valence-corrected chi connectivity index (χ4v) is 3.06. The molecule has 0 aliphatic rings. The van der Waals surface area contributed by atoms with Crippen LogP contribution in [0.4, 0.5) is 18.9 Å². The van der Waals surface area contributed by atoms with Gasteiger partial charge in [-0.1, -0.05) is 56.6 Å². The highest BCUT2D eigenvalue weighted by Gasteiger charge is 2.33. The van der Waals surface area contributed by atoms with Crippen molar-refractivity contribution >= 4 is 34.6 Å². The molecule has 0 amide bonds. The van der Waals surface area contributed by atoms with Crippen molar-refractivity contribution in [3.63, 3.8) is 0 Å². The SMILES string of the molecule is C[C@H](NC(=S)Nc1ccc(Cl)c(C(F)(F)F)c1)c1ccc(C(C)(C)C)cc1. The lowest BCUT2D eigenvalue weighted by Crippen LogP contribution is -2.31. The van der Waals surface area contributed by atoms with E-state index in [9.17, 15) is 13.2 Å². The van der Waals surface area contributed by atoms with Gasteiger partial charge < -0.3 is 10.6 Å². The Hall–Kier alpha value is -1.79. The van der Waals surface area contributed by atoms with Crippen LogP contribution >= 0.6 is 23.8 Å². The quantitative estimate of drug-likeness (QED) is 0.546. The molecule has 0 unspecified atom stereocenters. The summed E-state index contributed by atoms with van der Waals surface area (Å²) in [6.45, 7) is 8.36. The lowest BCUT2D eigenvalue weighted by atomic mass is 9.86. The number of hydrogen-bond acceptors (Lipinski definition) is 1. The number of halogens is 4. The minimum Gasteiger partial charge on any atom is -0.356 e. The van der Waals surface area contributed by atoms with Gasteiger partial charge in [-0.15, -0.1) is 0 Å². The van der Waals surface area contributed by atoms with Crippen molar-refractivity contribution in [2.45, 2.75) is 45.3 Å². The van der Waals surface area contributed by atoms with Gasteiger partial charge in [0.2, 0.25) is 0 Å². The smallest absolute Gasteiger partial charge is 0.356 e. The molecule has 2 aromatic rings. The average molecular weight is 415 g/mol. The van der Waals surface area contributed by atoms with Crippen LogP contribution < -0.4 is 10.6 Å². The van der Waals surface area contributed by atoms with Crippen LogP contribution in [0.1, 0.15) is 50.4 Å². The van der Waals surface area contributed by atoms with Crippen molar-refractivity contribution in [3.8, 4) is 0 Å². The standard InChI is InChI=1S/C20H22ClF3N2S/c1-12(13-5-7-14(8-6-13)19(2,3)4)25-18(27)26-15-9-10-17(21)16(11-15)20(22,23)24/h5-12H,1-4H3,(H2,25,26,27)/t12-/m0/s1. The van der Waals surface area contributed by atoms with Gasteiger partial charge in [0.1, 0.15) is 0 Å². The van der Waals surface area contributed by atoms with Gasteiger partial charge in [-0.05, 0) is 53.9 Å². The molecule has 146 valence electrons. The third-order valence-corrected chi connectivity index (χ3v) is 4.70. The number of hydrogen-bond donors (Lipinski definition) is 2. The van der Waals surface area contributed by atoms with Crippen LogP contribution in [0.25, 0.3) is 0 Å². The maximum absolute atomic E-state index is 13.0. The van der Waals surface area contributed by atoms with E-state index in [4.69, 9.17) is 23.8 Å². The van der Waals surface area contributed by atoms with E-state index in [0.29, 0.717) is 0 Å². The van der Waals surface area contributed by atoms with Crippen molar-refractivity contribution in [1.82, 2.24) is 5.32 Å². The average Bonchev–Trinajstić information content (AvgIpc) is 2.54. The van der Waals surface area contributed by atoms with E-state index in [1.54, 1.807) is 0 Å². The fourth-order valence-electron chi connectivity index (χ4n) is 2.54. The summed E-state index contributed by atoms with van der Waals surface area (Å²) < 4.78 is 38.9. The molecule has 0 saturated carbocycles. The molecule has 0 saturated heterocycles. The van der Waals surface area contributed by atoms with E-state index in [2.05, 4.69) is 43.5 Å². The van der Waals surface area contributed by atoms with E-state index >= 15 is 0 Å². The third kappa shape index (κ3) is 5.84. The molecular formula is C20H22ClF3N2S. The second-order valence-corrected chi connectivity index (χ2v) is 8.20. The molecule has 0 aromatic heterocycles. The number of alkyl halides is 3. The zero-order chi connectivity index (χ0) is 20.4. The van der Waals surface area contributed by atoms with Crippen LogP contribution in [-0.4, -0.2) is 5.11 Å². The first kappa shape index (κ1) is 21.5. The Morgan fingerprint density at radius 3 is 2.15 bits per heavy atom. The Balaban J connectivity index is 2.05. The molecule has 2 aromatic carbocycles. The summed E-state index contributed by atoms with van der Waals surface area (Å²) >= 11 is 10.9. The Morgan fingerprint density at radius 1 is 1.04 bits per heavy atom. The van der Waals surface area contributed by atoms with Gasteiger partial charge >= 0.3 is 6.18 Å². The predicted molar refractivity (Wildman–Crippen MR) is 109 cm³/mol. The highest BCUT2D eigenvalue weighted by Crippen LogP contribution is 2.36. The second kappa shape index (κ2) is 8.07. The lowest BCUT2D eigenvalue weighted by Gasteiger charge is -2.21. The second-order valence-electron chi connectivity index (χ2n) is 7.38. The maximum atomic E-state index is 13.0. The molecular weight excluding hydrogens is 393 g/mol. The summed E-state index contributed by atoms with van der Waals surface area (Å²) in [4.78, 5) is 0. The van der Waals surface area contributed by atoms with Gasteiger partial charge in [-0.25, -0.2) is 0 Å². The van der Waals surface area contributed by atoms with E-state index in [0.717, 1.165) is 11.6 Å². The van der Waals surface area contributed by atoms with Crippen LogP contribution in [0.3, 0.4) is 0 Å². The highest BCUT2D eigenvalue weighted by atomic mass is 35.5. The van der Waals surface area contributed by atoms with Gasteiger partial charge in [0, 0.05) is 5.69 Å². The monoisotopic (exact) mass is 414 g/mol. The third-order valence-electron chi connectivity index (χ3n) is 4.15. The van der Waals surface area contributed by atoms with Crippen LogP contribution in [0.5, 0.6) is 0 Å². The Kier molecular flexibility index (Phi) is 6.43. The lowest BCUT2D eigenvalue weighted by molar-refractivity contribution is -0.137. The number of benzene rings is 2. The Bertz CT molecular complexity index is 811.